The number of amides is 2. The van der Waals surface area contributed by atoms with Gasteiger partial charge in [-0.2, -0.15) is 0 Å². The maximum absolute atomic E-state index is 12.4. The molecule has 2 aliphatic heterocycles. The first kappa shape index (κ1) is 24.6. The number of nitrogens with zero attached hydrogens (tertiary/aromatic N) is 2. The Kier molecular flexibility index (Phi) is 8.07. The Balaban J connectivity index is 0.000000751. The summed E-state index contributed by atoms with van der Waals surface area (Å²) in [7, 11) is 0. The summed E-state index contributed by atoms with van der Waals surface area (Å²) < 4.78 is 11.2. The van der Waals surface area contributed by atoms with Gasteiger partial charge in [-0.15, -0.1) is 0 Å². The van der Waals surface area contributed by atoms with E-state index in [2.05, 4.69) is 0 Å². The SMILES string of the molecule is CC(=O)O.N=C(N)c1cccc(N2CC(COc3ccc(C(=O)N4CCCC4)cc3)OC2=O)c1. The van der Waals surface area contributed by atoms with Crippen LogP contribution in [-0.4, -0.2) is 66.2 Å². The van der Waals surface area contributed by atoms with Crippen LogP contribution in [0, 0.1) is 5.41 Å². The van der Waals surface area contributed by atoms with E-state index in [0.29, 0.717) is 29.1 Å². The molecule has 0 saturated carbocycles. The summed E-state index contributed by atoms with van der Waals surface area (Å²) >= 11 is 0. The van der Waals surface area contributed by atoms with Gasteiger partial charge in [-0.05, 0) is 49.2 Å². The van der Waals surface area contributed by atoms with Crippen molar-refractivity contribution in [2.45, 2.75) is 25.9 Å². The predicted octanol–water partition coefficient (Wildman–Crippen LogP) is 2.70. The van der Waals surface area contributed by atoms with Crippen LogP contribution in [0.5, 0.6) is 5.75 Å². The number of rotatable bonds is 6. The Morgan fingerprint density at radius 2 is 1.79 bits per heavy atom. The molecule has 2 aromatic rings. The third-order valence-corrected chi connectivity index (χ3v) is 5.27. The number of hydrogen-bond donors (Lipinski definition) is 3. The van der Waals surface area contributed by atoms with E-state index < -0.39 is 18.2 Å². The Labute approximate surface area is 197 Å². The van der Waals surface area contributed by atoms with Crippen molar-refractivity contribution in [2.24, 2.45) is 5.73 Å². The largest absolute Gasteiger partial charge is 0.490 e. The molecular weight excluding hydrogens is 440 g/mol. The number of carboxylic acids is 1. The van der Waals surface area contributed by atoms with E-state index in [-0.39, 0.29) is 18.3 Å². The maximum Gasteiger partial charge on any atom is 0.414 e. The molecule has 2 aromatic carbocycles. The number of benzene rings is 2. The van der Waals surface area contributed by atoms with Crippen LogP contribution < -0.4 is 15.4 Å². The quantitative estimate of drug-likeness (QED) is 0.436. The number of cyclic esters (lactones) is 1. The van der Waals surface area contributed by atoms with Crippen LogP contribution in [0.15, 0.2) is 48.5 Å². The predicted molar refractivity (Wildman–Crippen MR) is 125 cm³/mol. The van der Waals surface area contributed by atoms with Crippen LogP contribution in [0.25, 0.3) is 0 Å². The minimum atomic E-state index is -0.833. The van der Waals surface area contributed by atoms with Crippen molar-refractivity contribution in [1.82, 2.24) is 4.90 Å². The lowest BCUT2D eigenvalue weighted by atomic mass is 10.1. The molecule has 180 valence electrons. The molecule has 1 unspecified atom stereocenters. The van der Waals surface area contributed by atoms with Crippen LogP contribution in [0.4, 0.5) is 10.5 Å². The Bertz CT molecular complexity index is 1050. The number of hydrogen-bond acceptors (Lipinski definition) is 6. The molecule has 10 heteroatoms. The van der Waals surface area contributed by atoms with E-state index in [0.717, 1.165) is 32.9 Å². The van der Waals surface area contributed by atoms with Gasteiger partial charge in [-0.1, -0.05) is 12.1 Å². The number of carboxylic acid groups (broad SMARTS) is 1. The fourth-order valence-electron chi connectivity index (χ4n) is 3.65. The first-order chi connectivity index (χ1) is 16.2. The van der Waals surface area contributed by atoms with Crippen molar-refractivity contribution in [3.63, 3.8) is 0 Å². The minimum absolute atomic E-state index is 0.0483. The number of amidine groups is 1. The molecule has 2 heterocycles. The highest BCUT2D eigenvalue weighted by molar-refractivity contribution is 5.97. The summed E-state index contributed by atoms with van der Waals surface area (Å²) in [5.74, 6) is -0.232. The first-order valence-corrected chi connectivity index (χ1v) is 10.9. The van der Waals surface area contributed by atoms with E-state index in [1.54, 1.807) is 48.5 Å². The second-order valence-electron chi connectivity index (χ2n) is 7.93. The van der Waals surface area contributed by atoms with Crippen molar-refractivity contribution < 1.29 is 29.0 Å². The highest BCUT2D eigenvalue weighted by Crippen LogP contribution is 2.24. The molecule has 4 rings (SSSR count). The number of nitrogens with one attached hydrogen (secondary N) is 1. The van der Waals surface area contributed by atoms with E-state index >= 15 is 0 Å². The van der Waals surface area contributed by atoms with E-state index in [1.807, 2.05) is 4.90 Å². The number of carbonyl (C=O) groups excluding carboxylic acids is 2. The fraction of sp³-hybridized carbons (Fsp3) is 0.333. The van der Waals surface area contributed by atoms with Gasteiger partial charge in [0.25, 0.3) is 11.9 Å². The van der Waals surface area contributed by atoms with Gasteiger partial charge in [0.1, 0.15) is 18.2 Å². The molecule has 4 N–H and O–H groups in total. The first-order valence-electron chi connectivity index (χ1n) is 10.9. The number of aliphatic carboxylic acids is 1. The standard InChI is InChI=1S/C22H24N4O4.C2H4O2/c23-20(24)16-4-3-5-17(12-16)26-13-19(30-22(26)28)14-29-18-8-6-15(7-9-18)21(27)25-10-1-2-11-25;1-2(3)4/h3-9,12,19H,1-2,10-11,13-14H2,(H3,23,24);1H3,(H,3,4). The number of nitrogen functional groups attached to an aromatic ring is 1. The summed E-state index contributed by atoms with van der Waals surface area (Å²) in [5, 5.41) is 15.0. The van der Waals surface area contributed by atoms with Gasteiger partial charge in [0, 0.05) is 36.8 Å². The van der Waals surface area contributed by atoms with Gasteiger partial charge in [-0.25, -0.2) is 4.79 Å². The van der Waals surface area contributed by atoms with Crippen LogP contribution >= 0.6 is 0 Å². The van der Waals surface area contributed by atoms with Crippen LogP contribution in [0.2, 0.25) is 0 Å². The third kappa shape index (κ3) is 6.47. The second kappa shape index (κ2) is 11.2. The van der Waals surface area contributed by atoms with Crippen molar-refractivity contribution in [3.8, 4) is 5.75 Å². The van der Waals surface area contributed by atoms with Gasteiger partial charge >= 0.3 is 6.09 Å². The molecule has 1 atom stereocenters. The molecular formula is C24H28N4O6. The third-order valence-electron chi connectivity index (χ3n) is 5.27. The normalized spacial score (nSPS) is 17.0. The molecule has 10 nitrogen and oxygen atoms in total. The zero-order valence-corrected chi connectivity index (χ0v) is 18.9. The molecule has 2 saturated heterocycles. The lowest BCUT2D eigenvalue weighted by Crippen LogP contribution is -2.27. The Morgan fingerprint density at radius 1 is 1.15 bits per heavy atom. The van der Waals surface area contributed by atoms with Crippen molar-refractivity contribution in [3.05, 3.63) is 59.7 Å². The monoisotopic (exact) mass is 468 g/mol. The number of nitrogens with two attached hydrogens (primary N) is 1. The van der Waals surface area contributed by atoms with Crippen LogP contribution in [-0.2, 0) is 9.53 Å². The zero-order chi connectivity index (χ0) is 24.7. The summed E-state index contributed by atoms with van der Waals surface area (Å²) in [5.41, 5.74) is 7.34. The number of likely N-dealkylation sites (tertiary alicyclic amines) is 1. The lowest BCUT2D eigenvalue weighted by molar-refractivity contribution is -0.134. The topological polar surface area (TPSA) is 146 Å². The molecule has 0 aliphatic carbocycles. The smallest absolute Gasteiger partial charge is 0.414 e. The molecule has 0 bridgehead atoms. The van der Waals surface area contributed by atoms with E-state index in [9.17, 15) is 9.59 Å². The van der Waals surface area contributed by atoms with Gasteiger partial charge < -0.3 is 25.2 Å². The summed E-state index contributed by atoms with van der Waals surface area (Å²) in [6, 6.07) is 13.9. The van der Waals surface area contributed by atoms with Crippen molar-refractivity contribution in [1.29, 1.82) is 5.41 Å². The van der Waals surface area contributed by atoms with E-state index in [1.165, 1.54) is 4.90 Å². The summed E-state index contributed by atoms with van der Waals surface area (Å²) in [6.07, 6.45) is 1.23. The Hall–Kier alpha value is -4.08. The molecule has 2 amide bonds. The lowest BCUT2D eigenvalue weighted by Gasteiger charge is -2.16. The average molecular weight is 469 g/mol. The highest BCUT2D eigenvalue weighted by Gasteiger charge is 2.33. The zero-order valence-electron chi connectivity index (χ0n) is 18.9. The van der Waals surface area contributed by atoms with Crippen LogP contribution in [0.3, 0.4) is 0 Å². The van der Waals surface area contributed by atoms with Crippen molar-refractivity contribution in [2.75, 3.05) is 31.1 Å². The number of ether oxygens (including phenoxy) is 2. The molecule has 2 aliphatic rings. The van der Waals surface area contributed by atoms with Gasteiger partial charge in [0.15, 0.2) is 6.10 Å². The van der Waals surface area contributed by atoms with E-state index in [4.69, 9.17) is 30.5 Å². The second-order valence-corrected chi connectivity index (χ2v) is 7.93. The number of anilines is 1. The summed E-state index contributed by atoms with van der Waals surface area (Å²) in [4.78, 5) is 37.0. The molecule has 0 radical (unpaired) electrons. The maximum atomic E-state index is 12.4. The van der Waals surface area contributed by atoms with Gasteiger partial charge in [0.2, 0.25) is 0 Å². The van der Waals surface area contributed by atoms with Gasteiger partial charge in [-0.3, -0.25) is 19.9 Å². The molecule has 2 fully saturated rings. The molecule has 34 heavy (non-hydrogen) atoms. The summed E-state index contributed by atoms with van der Waals surface area (Å²) in [6.45, 7) is 3.26. The van der Waals surface area contributed by atoms with Crippen LogP contribution in [0.1, 0.15) is 35.7 Å². The fourth-order valence-corrected chi connectivity index (χ4v) is 3.65. The van der Waals surface area contributed by atoms with Gasteiger partial charge in [0.05, 0.1) is 6.54 Å². The minimum Gasteiger partial charge on any atom is -0.490 e. The highest BCUT2D eigenvalue weighted by atomic mass is 16.6. The number of carbonyl (C=O) groups is 3. The average Bonchev–Trinajstić information content (AvgIpc) is 3.47. The molecule has 0 spiro atoms. The molecule has 0 aromatic heterocycles. The Morgan fingerprint density at radius 3 is 2.41 bits per heavy atom. The van der Waals surface area contributed by atoms with Crippen molar-refractivity contribution >= 4 is 29.5 Å².